The summed E-state index contributed by atoms with van der Waals surface area (Å²) < 4.78 is 10.2. The van der Waals surface area contributed by atoms with Gasteiger partial charge >= 0.3 is 11.9 Å². The molecule has 126 valence electrons. The van der Waals surface area contributed by atoms with E-state index in [0.29, 0.717) is 10.0 Å². The average molecular weight is 367 g/mol. The molecule has 0 aliphatic rings. The summed E-state index contributed by atoms with van der Waals surface area (Å²) >= 11 is 11.6. The predicted molar refractivity (Wildman–Crippen MR) is 91.7 cm³/mol. The Morgan fingerprint density at radius 1 is 0.792 bits per heavy atom. The van der Waals surface area contributed by atoms with Crippen molar-refractivity contribution < 1.29 is 19.1 Å². The van der Waals surface area contributed by atoms with Gasteiger partial charge in [0.05, 0.1) is 0 Å². The first-order valence-electron chi connectivity index (χ1n) is 7.28. The number of carbonyl (C=O) groups excluding carboxylic acids is 2. The smallest absolute Gasteiger partial charge is 0.320 e. The maximum Gasteiger partial charge on any atom is 0.320 e. The van der Waals surface area contributed by atoms with Crippen LogP contribution in [-0.2, 0) is 32.3 Å². The Bertz CT molecular complexity index is 634. The molecule has 2 aromatic carbocycles. The molecule has 0 atom stereocenters. The Morgan fingerprint density at radius 2 is 1.12 bits per heavy atom. The van der Waals surface area contributed by atoms with Crippen LogP contribution in [0.4, 0.5) is 0 Å². The molecule has 0 amide bonds. The van der Waals surface area contributed by atoms with Gasteiger partial charge in [-0.15, -0.1) is 0 Å². The second-order valence-corrected chi connectivity index (χ2v) is 6.06. The van der Waals surface area contributed by atoms with Crippen molar-refractivity contribution in [2.75, 3.05) is 0 Å². The molecular formula is C18H16Cl2O4. The highest BCUT2D eigenvalue weighted by Gasteiger charge is 2.24. The molecule has 0 radical (unpaired) electrons. The van der Waals surface area contributed by atoms with Crippen molar-refractivity contribution in [1.82, 2.24) is 0 Å². The van der Waals surface area contributed by atoms with Crippen molar-refractivity contribution in [1.29, 1.82) is 0 Å². The van der Waals surface area contributed by atoms with E-state index < -0.39 is 17.9 Å². The molecule has 2 aromatic rings. The quantitative estimate of drug-likeness (QED) is 0.560. The maximum atomic E-state index is 11.9. The number of hydrogen-bond donors (Lipinski definition) is 0. The Morgan fingerprint density at radius 3 is 1.46 bits per heavy atom. The summed E-state index contributed by atoms with van der Waals surface area (Å²) in [5, 5.41) is 1.20. The van der Waals surface area contributed by atoms with E-state index in [1.54, 1.807) is 48.5 Å². The van der Waals surface area contributed by atoms with E-state index in [2.05, 4.69) is 0 Å². The van der Waals surface area contributed by atoms with Gasteiger partial charge in [0.15, 0.2) is 5.92 Å². The van der Waals surface area contributed by atoms with Crippen LogP contribution in [0.15, 0.2) is 48.5 Å². The number of halogens is 2. The molecule has 6 heteroatoms. The lowest BCUT2D eigenvalue weighted by Gasteiger charge is -2.11. The molecule has 0 N–H and O–H groups in total. The van der Waals surface area contributed by atoms with Crippen LogP contribution in [-0.4, -0.2) is 11.9 Å². The summed E-state index contributed by atoms with van der Waals surface area (Å²) in [6.45, 7) is 1.60. The van der Waals surface area contributed by atoms with Crippen LogP contribution >= 0.6 is 23.2 Å². The summed E-state index contributed by atoms with van der Waals surface area (Å²) in [7, 11) is 0. The van der Waals surface area contributed by atoms with Crippen LogP contribution < -0.4 is 0 Å². The van der Waals surface area contributed by atoms with Crippen LogP contribution in [0.2, 0.25) is 10.0 Å². The van der Waals surface area contributed by atoms with Gasteiger partial charge in [0.1, 0.15) is 13.2 Å². The largest absolute Gasteiger partial charge is 0.460 e. The van der Waals surface area contributed by atoms with E-state index in [0.717, 1.165) is 11.1 Å². The Labute approximate surface area is 150 Å². The third-order valence-corrected chi connectivity index (χ3v) is 3.80. The molecular weight excluding hydrogens is 351 g/mol. The van der Waals surface area contributed by atoms with Gasteiger partial charge in [0.25, 0.3) is 0 Å². The Kier molecular flexibility index (Phi) is 6.64. The second kappa shape index (κ2) is 8.71. The highest BCUT2D eigenvalue weighted by Crippen LogP contribution is 2.13. The average Bonchev–Trinajstić information content (AvgIpc) is 2.59. The van der Waals surface area contributed by atoms with Crippen molar-refractivity contribution in [3.05, 3.63) is 69.7 Å². The first-order valence-corrected chi connectivity index (χ1v) is 8.03. The number of carbonyl (C=O) groups is 2. The zero-order valence-electron chi connectivity index (χ0n) is 13.0. The lowest BCUT2D eigenvalue weighted by molar-refractivity contribution is -0.162. The molecule has 24 heavy (non-hydrogen) atoms. The van der Waals surface area contributed by atoms with Gasteiger partial charge in [-0.2, -0.15) is 0 Å². The van der Waals surface area contributed by atoms with Crippen molar-refractivity contribution in [2.24, 2.45) is 5.92 Å². The van der Waals surface area contributed by atoms with Crippen molar-refractivity contribution in [3.63, 3.8) is 0 Å². The van der Waals surface area contributed by atoms with E-state index in [1.165, 1.54) is 6.92 Å². The number of rotatable bonds is 6. The predicted octanol–water partition coefficient (Wildman–Crippen LogP) is 4.42. The van der Waals surface area contributed by atoms with Crippen LogP contribution in [0.25, 0.3) is 0 Å². The zero-order valence-corrected chi connectivity index (χ0v) is 14.5. The third kappa shape index (κ3) is 5.55. The van der Waals surface area contributed by atoms with Gasteiger partial charge in [0, 0.05) is 10.0 Å². The molecule has 4 nitrogen and oxygen atoms in total. The number of esters is 2. The molecule has 0 saturated carbocycles. The minimum Gasteiger partial charge on any atom is -0.460 e. The van der Waals surface area contributed by atoms with Gasteiger partial charge in [-0.25, -0.2) is 0 Å². The van der Waals surface area contributed by atoms with Gasteiger partial charge < -0.3 is 9.47 Å². The molecule has 0 fully saturated rings. The molecule has 0 aromatic heterocycles. The summed E-state index contributed by atoms with van der Waals surface area (Å²) in [6, 6.07) is 13.8. The molecule has 0 spiro atoms. The fourth-order valence-electron chi connectivity index (χ4n) is 1.82. The molecule has 0 saturated heterocycles. The summed E-state index contributed by atoms with van der Waals surface area (Å²) in [6.07, 6.45) is 0. The molecule has 2 rings (SSSR count). The highest BCUT2D eigenvalue weighted by atomic mass is 35.5. The zero-order chi connectivity index (χ0) is 17.5. The summed E-state index contributed by atoms with van der Waals surface area (Å²) in [5.74, 6) is -2.26. The summed E-state index contributed by atoms with van der Waals surface area (Å²) in [5.41, 5.74) is 1.57. The van der Waals surface area contributed by atoms with Gasteiger partial charge in [-0.05, 0) is 42.3 Å². The van der Waals surface area contributed by atoms with Gasteiger partial charge in [-0.3, -0.25) is 9.59 Å². The molecule has 0 aliphatic carbocycles. The molecule has 0 bridgehead atoms. The maximum absolute atomic E-state index is 11.9. The molecule has 0 unspecified atom stereocenters. The Balaban J connectivity index is 1.79. The minimum absolute atomic E-state index is 0.0742. The fraction of sp³-hybridized carbons (Fsp3) is 0.222. The highest BCUT2D eigenvalue weighted by molar-refractivity contribution is 6.30. The summed E-state index contributed by atoms with van der Waals surface area (Å²) in [4.78, 5) is 23.8. The van der Waals surface area contributed by atoms with Crippen LogP contribution in [0.5, 0.6) is 0 Å². The van der Waals surface area contributed by atoms with Crippen LogP contribution in [0, 0.1) is 5.92 Å². The molecule has 0 aliphatic heterocycles. The topological polar surface area (TPSA) is 52.6 Å². The van der Waals surface area contributed by atoms with Crippen molar-refractivity contribution in [3.8, 4) is 0 Å². The van der Waals surface area contributed by atoms with E-state index >= 15 is 0 Å². The monoisotopic (exact) mass is 366 g/mol. The first kappa shape index (κ1) is 18.3. The minimum atomic E-state index is -0.996. The van der Waals surface area contributed by atoms with E-state index in [9.17, 15) is 9.59 Å². The Hall–Kier alpha value is -2.04. The van der Waals surface area contributed by atoms with E-state index in [4.69, 9.17) is 32.7 Å². The van der Waals surface area contributed by atoms with Gasteiger partial charge in [0.2, 0.25) is 0 Å². The number of ether oxygens (including phenoxy) is 2. The van der Waals surface area contributed by atoms with E-state index in [1.807, 2.05) is 0 Å². The van der Waals surface area contributed by atoms with Gasteiger partial charge in [-0.1, -0.05) is 47.5 Å². The van der Waals surface area contributed by atoms with Crippen LogP contribution in [0.1, 0.15) is 18.1 Å². The lowest BCUT2D eigenvalue weighted by atomic mass is 10.2. The fourth-order valence-corrected chi connectivity index (χ4v) is 2.07. The van der Waals surface area contributed by atoms with E-state index in [-0.39, 0.29) is 13.2 Å². The SMILES string of the molecule is CC(C(=O)OCc1ccc(Cl)cc1)C(=O)OCc1ccc(Cl)cc1. The number of hydrogen-bond acceptors (Lipinski definition) is 4. The lowest BCUT2D eigenvalue weighted by Crippen LogP contribution is -2.25. The molecule has 0 heterocycles. The van der Waals surface area contributed by atoms with Crippen molar-refractivity contribution in [2.45, 2.75) is 20.1 Å². The second-order valence-electron chi connectivity index (χ2n) is 5.19. The number of benzene rings is 2. The van der Waals surface area contributed by atoms with Crippen LogP contribution in [0.3, 0.4) is 0 Å². The first-order chi connectivity index (χ1) is 11.5. The normalized spacial score (nSPS) is 10.5. The van der Waals surface area contributed by atoms with Crippen molar-refractivity contribution >= 4 is 35.1 Å². The third-order valence-electron chi connectivity index (χ3n) is 3.30. The standard InChI is InChI=1S/C18H16Cl2O4/c1-12(17(21)23-10-13-2-6-15(19)7-3-13)18(22)24-11-14-4-8-16(20)9-5-14/h2-9,12H,10-11H2,1H3.